The molecule has 18 heteroatoms. The van der Waals surface area contributed by atoms with Crippen LogP contribution in [0.4, 0.5) is 0 Å². The molecule has 107 heavy (non-hydrogen) atoms. The molecule has 0 heterocycles. The van der Waals surface area contributed by atoms with E-state index in [0.29, 0.717) is 33.2 Å². The number of aromatic hydroxyl groups is 5. The van der Waals surface area contributed by atoms with Gasteiger partial charge < -0.3 is 61.6 Å². The van der Waals surface area contributed by atoms with Gasteiger partial charge >= 0.3 is 0 Å². The van der Waals surface area contributed by atoms with E-state index in [1.54, 1.807) is 79.7 Å². The molecule has 5 atom stereocenters. The molecule has 10 aromatic carbocycles. The lowest BCUT2D eigenvalue weighted by Gasteiger charge is -2.16. The topological polar surface area (TPSA) is 265 Å². The van der Waals surface area contributed by atoms with E-state index in [4.69, 9.17) is 21.1 Å². The summed E-state index contributed by atoms with van der Waals surface area (Å²) >= 11 is 5.88. The van der Waals surface area contributed by atoms with Crippen LogP contribution in [-0.4, -0.2) is 69.3 Å². The molecule has 0 saturated heterocycles. The smallest absolute Gasteiger partial charge is 0.259 e. The van der Waals surface area contributed by atoms with Gasteiger partial charge in [0.1, 0.15) is 34.3 Å². The van der Waals surface area contributed by atoms with E-state index in [2.05, 4.69) is 152 Å². The quantitative estimate of drug-likeness (QED) is 0.0547. The number of halogens is 1. The number of fused-ring (bicyclic) bond motifs is 5. The van der Waals surface area contributed by atoms with Crippen LogP contribution in [0.15, 0.2) is 182 Å². The molecule has 0 aliphatic heterocycles. The average molecular weight is 1460 g/mol. The molecule has 552 valence electrons. The summed E-state index contributed by atoms with van der Waals surface area (Å²) in [7, 11) is 2.95. The Labute approximate surface area is 630 Å². The van der Waals surface area contributed by atoms with E-state index in [1.165, 1.54) is 105 Å². The fourth-order valence-electron chi connectivity index (χ4n) is 14.8. The Hall–Kier alpha value is -11.6. The molecule has 15 rings (SSSR count). The van der Waals surface area contributed by atoms with Gasteiger partial charge in [-0.1, -0.05) is 166 Å². The van der Waals surface area contributed by atoms with Crippen LogP contribution in [0.2, 0.25) is 5.02 Å². The summed E-state index contributed by atoms with van der Waals surface area (Å²) < 4.78 is 10.2. The molecular formula is C89H92ClN5O12. The van der Waals surface area contributed by atoms with Crippen molar-refractivity contribution in [1.29, 1.82) is 0 Å². The zero-order chi connectivity index (χ0) is 76.3. The van der Waals surface area contributed by atoms with E-state index in [0.717, 1.165) is 80.9 Å². The standard InChI is InChI=1S/2C18H19NO3.2C18H19NO2.C17H16ClNO2/c1-11-6-8-13-12(10-11)7-9-14(13)19-18(21)17-15(20)4-3-5-16(17)22-2;1-11-6-8-13-12(10-11)7-9-15(13)19-18(21)14-4-3-5-16(22-2)17(14)20;1-11-3-6-14-13(9-11)5-7-16(14)19-18(21)15-10-12(2)4-8-17(15)20;1-11-6-8-14-13(10-11)7-9-16(14)19-18(21)15-5-3-4-12(2)17(15)20;1-10-2-5-13-11(8-10)3-6-15(13)19-17(21)14-9-12(18)4-7-16(14)20/h3-6,8,10,14,20H,7,9H2,1-2H3,(H,19,21);3-6,8,10,15,20H,7,9H2,1-2H3,(H,19,21);3-4,6,8-10,16,20H,5,7H2,1-2H3,(H,19,21);3-6,8,10,16,20H,7,9H2,1-2H3,(H,19,21);2,4-5,7-9,15,20H,3,6H2,1H3,(H,19,21)/t14-;15-;2*16-;15-/m11111/s1. The molecule has 17 nitrogen and oxygen atoms in total. The van der Waals surface area contributed by atoms with Crippen LogP contribution in [-0.2, 0) is 32.1 Å². The van der Waals surface area contributed by atoms with Gasteiger partial charge in [-0.2, -0.15) is 0 Å². The van der Waals surface area contributed by atoms with Gasteiger partial charge in [-0.3, -0.25) is 24.0 Å². The number of phenols is 5. The number of ether oxygens (including phenoxy) is 2. The van der Waals surface area contributed by atoms with Crippen molar-refractivity contribution in [2.75, 3.05) is 14.2 Å². The maximum absolute atomic E-state index is 12.5. The molecule has 5 amide bonds. The van der Waals surface area contributed by atoms with Crippen LogP contribution in [0, 0.1) is 48.5 Å². The predicted octanol–water partition coefficient (Wildman–Crippen LogP) is 16.9. The van der Waals surface area contributed by atoms with Gasteiger partial charge in [0.05, 0.1) is 66.7 Å². The first-order valence-corrected chi connectivity index (χ1v) is 36.5. The third kappa shape index (κ3) is 18.2. The fourth-order valence-corrected chi connectivity index (χ4v) is 15.0. The van der Waals surface area contributed by atoms with E-state index < -0.39 is 0 Å². The summed E-state index contributed by atoms with van der Waals surface area (Å²) in [4.78, 5) is 62.0. The minimum atomic E-state index is -0.312. The second kappa shape index (κ2) is 34.1. The SMILES string of the molecule is COc1cccc(C(=O)N[C@@H]2CCc3cc(C)ccc32)c1O.COc1cccc(O)c1C(=O)N[C@@H]1CCc2cc(C)ccc21.Cc1ccc2c(c1)CC[C@H]2NC(=O)c1cc(C)ccc1O.Cc1ccc2c(c1)CC[C@H]2NC(=O)c1cc(Cl)ccc1O.Cc1ccc2c(c1)CC[C@H]2NC(=O)c1cccc(C)c1O. The second-order valence-corrected chi connectivity index (χ2v) is 28.6. The molecule has 5 aliphatic rings. The summed E-state index contributed by atoms with van der Waals surface area (Å²) in [6.07, 6.45) is 9.33. The molecular weight excluding hydrogens is 1370 g/mol. The Bertz CT molecular complexity index is 4790. The first kappa shape index (κ1) is 76.6. The van der Waals surface area contributed by atoms with E-state index in [9.17, 15) is 49.5 Å². The number of carbonyl (C=O) groups excluding carboxylic acids is 5. The molecule has 0 radical (unpaired) electrons. The van der Waals surface area contributed by atoms with Crippen molar-refractivity contribution < 1.29 is 59.0 Å². The highest BCUT2D eigenvalue weighted by Crippen LogP contribution is 2.39. The number of amides is 5. The lowest BCUT2D eigenvalue weighted by molar-refractivity contribution is 0.0922. The number of aryl methyl sites for hydroxylation is 12. The van der Waals surface area contributed by atoms with Crippen molar-refractivity contribution in [3.63, 3.8) is 0 Å². The summed E-state index contributed by atoms with van der Waals surface area (Å²) in [6, 6.07) is 56.2. The highest BCUT2D eigenvalue weighted by Gasteiger charge is 2.31. The van der Waals surface area contributed by atoms with Crippen LogP contribution >= 0.6 is 11.6 Å². The van der Waals surface area contributed by atoms with E-state index >= 15 is 0 Å². The van der Waals surface area contributed by atoms with Crippen LogP contribution in [0.1, 0.15) is 209 Å². The minimum Gasteiger partial charge on any atom is -0.507 e. The number of nitrogens with one attached hydrogen (secondary N) is 5. The molecule has 10 aromatic rings. The van der Waals surface area contributed by atoms with Crippen LogP contribution in [0.5, 0.6) is 40.2 Å². The number of hydrogen-bond acceptors (Lipinski definition) is 12. The third-order valence-electron chi connectivity index (χ3n) is 20.4. The van der Waals surface area contributed by atoms with Gasteiger partial charge in [0, 0.05) is 5.02 Å². The van der Waals surface area contributed by atoms with E-state index in [1.807, 2.05) is 6.92 Å². The van der Waals surface area contributed by atoms with Crippen molar-refractivity contribution in [2.24, 2.45) is 0 Å². The summed E-state index contributed by atoms with van der Waals surface area (Å²) in [5.74, 6) is -0.796. The average Bonchev–Trinajstić information content (AvgIpc) is 1.74. The minimum absolute atomic E-state index is 0.00583. The molecule has 0 aromatic heterocycles. The van der Waals surface area contributed by atoms with Gasteiger partial charge in [0.2, 0.25) is 0 Å². The maximum atomic E-state index is 12.5. The Morgan fingerprint density at radius 3 is 1.03 bits per heavy atom. The molecule has 10 N–H and O–H groups in total. The number of hydrogen-bond donors (Lipinski definition) is 10. The maximum Gasteiger partial charge on any atom is 0.259 e. The number of methoxy groups -OCH3 is 2. The number of benzene rings is 10. The van der Waals surface area contributed by atoms with Crippen molar-refractivity contribution in [3.05, 3.63) is 309 Å². The van der Waals surface area contributed by atoms with Crippen molar-refractivity contribution in [2.45, 2.75) is 143 Å². The molecule has 5 aliphatic carbocycles. The Balaban J connectivity index is 0.000000133. The normalized spacial score (nSPS) is 16.4. The van der Waals surface area contributed by atoms with E-state index in [-0.39, 0.29) is 105 Å². The van der Waals surface area contributed by atoms with Gasteiger partial charge in [0.15, 0.2) is 11.5 Å². The largest absolute Gasteiger partial charge is 0.507 e. The molecule has 0 bridgehead atoms. The zero-order valence-electron chi connectivity index (χ0n) is 61.8. The summed E-state index contributed by atoms with van der Waals surface area (Å²) in [5.41, 5.74) is 21.6. The van der Waals surface area contributed by atoms with Gasteiger partial charge in [-0.25, -0.2) is 0 Å². The van der Waals surface area contributed by atoms with Gasteiger partial charge in [-0.05, 0) is 235 Å². The summed E-state index contributed by atoms with van der Waals surface area (Å²) in [5, 5.41) is 65.2. The van der Waals surface area contributed by atoms with Crippen LogP contribution in [0.25, 0.3) is 0 Å². The van der Waals surface area contributed by atoms with Crippen molar-refractivity contribution in [1.82, 2.24) is 26.6 Å². The third-order valence-corrected chi connectivity index (χ3v) is 20.6. The highest BCUT2D eigenvalue weighted by molar-refractivity contribution is 6.31. The van der Waals surface area contributed by atoms with Crippen molar-refractivity contribution in [3.8, 4) is 40.2 Å². The van der Waals surface area contributed by atoms with Gasteiger partial charge in [0.25, 0.3) is 29.5 Å². The van der Waals surface area contributed by atoms with Gasteiger partial charge in [-0.15, -0.1) is 0 Å². The highest BCUT2D eigenvalue weighted by atomic mass is 35.5. The molecule has 0 fully saturated rings. The fraction of sp³-hybridized carbons (Fsp3) is 0.270. The number of rotatable bonds is 12. The second-order valence-electron chi connectivity index (χ2n) is 28.2. The first-order valence-electron chi connectivity index (χ1n) is 36.1. The number of carbonyl (C=O) groups is 5. The Kier molecular flexibility index (Phi) is 24.4. The summed E-state index contributed by atoms with van der Waals surface area (Å²) in [6.45, 7) is 14.1. The monoisotopic (exact) mass is 1460 g/mol. The molecule has 0 saturated carbocycles. The Morgan fingerprint density at radius 1 is 0.327 bits per heavy atom. The zero-order valence-corrected chi connectivity index (χ0v) is 62.5. The van der Waals surface area contributed by atoms with Crippen LogP contribution in [0.3, 0.4) is 0 Å². The van der Waals surface area contributed by atoms with Crippen molar-refractivity contribution >= 4 is 41.1 Å². The lowest BCUT2D eigenvalue weighted by atomic mass is 10.0. The Morgan fingerprint density at radius 2 is 0.636 bits per heavy atom. The lowest BCUT2D eigenvalue weighted by Crippen LogP contribution is -2.27. The number of para-hydroxylation sites is 2. The molecule has 0 unspecified atom stereocenters. The predicted molar refractivity (Wildman–Crippen MR) is 417 cm³/mol. The number of phenolic OH excluding ortho intramolecular Hbond substituents is 5. The first-order chi connectivity index (χ1) is 51.3. The molecule has 0 spiro atoms. The van der Waals surface area contributed by atoms with Crippen LogP contribution < -0.4 is 36.1 Å².